The van der Waals surface area contributed by atoms with Gasteiger partial charge < -0.3 is 4.42 Å². The number of aryl methyl sites for hydroxylation is 2. The molecule has 0 N–H and O–H groups in total. The topological polar surface area (TPSA) is 17.0 Å². The smallest absolute Gasteiger partial charge is 0.219 e. The molecule has 4 heteroatoms. The number of hydrogen-bond acceptors (Lipinski definition) is 1. The second kappa shape index (κ2) is 7.97. The lowest BCUT2D eigenvalue weighted by Gasteiger charge is -2.12. The molecule has 0 fully saturated rings. The predicted octanol–water partition coefficient (Wildman–Crippen LogP) is 8.64. The van der Waals surface area contributed by atoms with Gasteiger partial charge in [-0.3, -0.25) is 0 Å². The predicted molar refractivity (Wildman–Crippen MR) is 145 cm³/mol. The number of halogens is 2. The lowest BCUT2D eigenvalue weighted by atomic mass is 9.92. The van der Waals surface area contributed by atoms with E-state index in [-0.39, 0.29) is 17.4 Å². The average Bonchev–Trinajstić information content (AvgIpc) is 3.30. The molecule has 0 amide bonds. The molecule has 0 bridgehead atoms. The Bertz CT molecular complexity index is 2090. The zero-order valence-electron chi connectivity index (χ0n) is 21.3. The quantitative estimate of drug-likeness (QED) is 0.176. The van der Waals surface area contributed by atoms with Gasteiger partial charge in [0.05, 0.1) is 12.5 Å². The van der Waals surface area contributed by atoms with E-state index in [0.717, 1.165) is 43.4 Å². The van der Waals surface area contributed by atoms with Crippen LogP contribution in [0, 0.1) is 18.6 Å². The van der Waals surface area contributed by atoms with E-state index in [1.165, 1.54) is 18.2 Å². The van der Waals surface area contributed by atoms with Crippen molar-refractivity contribution in [3.63, 3.8) is 0 Å². The Hall–Kier alpha value is -4.57. The van der Waals surface area contributed by atoms with Crippen molar-refractivity contribution in [2.45, 2.75) is 6.92 Å². The number of aromatic nitrogens is 1. The second-order valence-electron chi connectivity index (χ2n) is 9.47. The summed E-state index contributed by atoms with van der Waals surface area (Å²) in [5.41, 5.74) is 4.02. The molecular weight excluding hydrogens is 464 g/mol. The van der Waals surface area contributed by atoms with Gasteiger partial charge in [-0.05, 0) is 57.8 Å². The maximum absolute atomic E-state index is 15.9. The van der Waals surface area contributed by atoms with Crippen LogP contribution in [0.3, 0.4) is 0 Å². The van der Waals surface area contributed by atoms with Crippen molar-refractivity contribution in [1.29, 1.82) is 0 Å². The number of furan rings is 1. The van der Waals surface area contributed by atoms with Gasteiger partial charge in [0.25, 0.3) is 0 Å². The van der Waals surface area contributed by atoms with E-state index in [2.05, 4.69) is 0 Å². The van der Waals surface area contributed by atoms with Crippen LogP contribution in [0.1, 0.15) is 6.93 Å². The number of nitrogens with zero attached hydrogens (tertiary/aromatic N) is 1. The summed E-state index contributed by atoms with van der Waals surface area (Å²) in [6, 6.07) is 25.8. The van der Waals surface area contributed by atoms with Crippen molar-refractivity contribution in [3.8, 4) is 22.4 Å². The summed E-state index contributed by atoms with van der Waals surface area (Å²) < 4.78 is 47.7. The van der Waals surface area contributed by atoms with E-state index in [1.54, 1.807) is 12.3 Å². The van der Waals surface area contributed by atoms with Gasteiger partial charge >= 0.3 is 0 Å². The summed E-state index contributed by atoms with van der Waals surface area (Å²) in [4.78, 5) is 0. The number of hydrogen-bond donors (Lipinski definition) is 0. The molecule has 2 aromatic heterocycles. The Labute approximate surface area is 213 Å². The second-order valence-corrected chi connectivity index (χ2v) is 9.47. The Morgan fingerprint density at radius 2 is 1.41 bits per heavy atom. The average molecular weight is 488 g/mol. The van der Waals surface area contributed by atoms with Crippen LogP contribution in [0.4, 0.5) is 8.78 Å². The van der Waals surface area contributed by atoms with Crippen LogP contribution in [0.2, 0.25) is 0 Å². The molecule has 0 saturated heterocycles. The molecule has 0 aliphatic heterocycles. The molecule has 0 radical (unpaired) electrons. The third-order valence-corrected chi connectivity index (χ3v) is 7.26. The Kier molecular flexibility index (Phi) is 4.44. The molecule has 0 spiro atoms. The Morgan fingerprint density at radius 1 is 0.730 bits per heavy atom. The van der Waals surface area contributed by atoms with Crippen molar-refractivity contribution >= 4 is 43.5 Å². The number of pyridine rings is 1. The Balaban J connectivity index is 1.65. The molecule has 7 aromatic rings. The van der Waals surface area contributed by atoms with Gasteiger partial charge in [0, 0.05) is 22.9 Å². The van der Waals surface area contributed by atoms with E-state index in [4.69, 9.17) is 4.42 Å². The standard InChI is InChI=1S/C33H22F2NO/c1-19-11-12-25-26-13-14-28(35)31(33(26)37-32(25)30(19)29-18-21(34)15-16-36(29)2)27-17-20-7-3-4-8-22(20)23-9-5-6-10-24(23)27/h3-18H,1-2H3/q+1/i17D. The van der Waals surface area contributed by atoms with Crippen molar-refractivity contribution in [1.82, 2.24) is 0 Å². The number of benzene rings is 5. The van der Waals surface area contributed by atoms with Crippen LogP contribution < -0.4 is 4.57 Å². The number of rotatable bonds is 2. The van der Waals surface area contributed by atoms with Gasteiger partial charge in [0.15, 0.2) is 6.20 Å². The van der Waals surface area contributed by atoms with E-state index in [9.17, 15) is 5.76 Å². The first-order valence-electron chi connectivity index (χ1n) is 12.6. The largest absolute Gasteiger partial charge is 0.454 e. The molecule has 0 aliphatic carbocycles. The van der Waals surface area contributed by atoms with Crippen molar-refractivity contribution in [2.75, 3.05) is 0 Å². The maximum Gasteiger partial charge on any atom is 0.219 e. The lowest BCUT2D eigenvalue weighted by Crippen LogP contribution is -2.30. The molecule has 5 aromatic carbocycles. The normalized spacial score (nSPS) is 12.2. The molecule has 7 rings (SSSR count). The fourth-order valence-electron chi connectivity index (χ4n) is 5.48. The van der Waals surface area contributed by atoms with Crippen molar-refractivity contribution in [2.24, 2.45) is 7.05 Å². The zero-order chi connectivity index (χ0) is 26.1. The summed E-state index contributed by atoms with van der Waals surface area (Å²) in [5.74, 6) is -0.807. The highest BCUT2D eigenvalue weighted by atomic mass is 19.1. The van der Waals surface area contributed by atoms with Crippen LogP contribution in [-0.2, 0) is 7.05 Å². The fourth-order valence-corrected chi connectivity index (χ4v) is 5.48. The summed E-state index contributed by atoms with van der Waals surface area (Å²) in [6.45, 7) is 1.95. The van der Waals surface area contributed by atoms with E-state index < -0.39 is 5.82 Å². The molecule has 0 aliphatic rings. The highest BCUT2D eigenvalue weighted by molar-refractivity contribution is 6.18. The first-order chi connectivity index (χ1) is 18.4. The molecule has 0 unspecified atom stereocenters. The van der Waals surface area contributed by atoms with Gasteiger partial charge in [-0.2, -0.15) is 0 Å². The third-order valence-electron chi connectivity index (χ3n) is 7.26. The third kappa shape index (κ3) is 3.19. The van der Waals surface area contributed by atoms with Gasteiger partial charge in [0.2, 0.25) is 5.69 Å². The summed E-state index contributed by atoms with van der Waals surface area (Å²) in [6.07, 6.45) is 1.67. The molecule has 178 valence electrons. The van der Waals surface area contributed by atoms with Crippen LogP contribution in [0.5, 0.6) is 0 Å². The van der Waals surface area contributed by atoms with E-state index >= 15 is 4.39 Å². The first kappa shape index (κ1) is 20.6. The lowest BCUT2D eigenvalue weighted by molar-refractivity contribution is -0.660. The highest BCUT2D eigenvalue weighted by Crippen LogP contribution is 2.44. The minimum atomic E-state index is -0.458. The summed E-state index contributed by atoms with van der Waals surface area (Å²) in [5, 5.41) is 4.99. The van der Waals surface area contributed by atoms with Crippen LogP contribution in [0.25, 0.3) is 65.9 Å². The number of fused-ring (bicyclic) bond motifs is 6. The SMILES string of the molecule is [2H]c1c(-c2c(F)ccc3c2oc2c(-c4cc(F)cc[n+]4C)c(C)ccc23)c2ccccc2c2ccccc12. The fraction of sp³-hybridized carbons (Fsp3) is 0.0606. The van der Waals surface area contributed by atoms with Gasteiger partial charge in [-0.15, -0.1) is 0 Å². The minimum absolute atomic E-state index is 0.249. The molecule has 2 nitrogen and oxygen atoms in total. The zero-order valence-corrected chi connectivity index (χ0v) is 20.3. The Morgan fingerprint density at radius 3 is 2.22 bits per heavy atom. The van der Waals surface area contributed by atoms with E-state index in [1.807, 2.05) is 79.2 Å². The van der Waals surface area contributed by atoms with Gasteiger partial charge in [-0.1, -0.05) is 60.7 Å². The summed E-state index contributed by atoms with van der Waals surface area (Å²) >= 11 is 0. The molecule has 0 saturated carbocycles. The first-order valence-corrected chi connectivity index (χ1v) is 12.1. The van der Waals surface area contributed by atoms with Crippen LogP contribution in [0.15, 0.2) is 102 Å². The molecule has 0 atom stereocenters. The highest BCUT2D eigenvalue weighted by Gasteiger charge is 2.24. The molecule has 2 heterocycles. The van der Waals surface area contributed by atoms with Gasteiger partial charge in [0.1, 0.15) is 29.8 Å². The van der Waals surface area contributed by atoms with Crippen molar-refractivity contribution < 1.29 is 19.1 Å². The monoisotopic (exact) mass is 487 g/mol. The maximum atomic E-state index is 15.9. The van der Waals surface area contributed by atoms with Crippen molar-refractivity contribution in [3.05, 3.63) is 114 Å². The molecule has 37 heavy (non-hydrogen) atoms. The van der Waals surface area contributed by atoms with Crippen LogP contribution >= 0.6 is 0 Å². The minimum Gasteiger partial charge on any atom is -0.454 e. The van der Waals surface area contributed by atoms with Gasteiger partial charge in [-0.25, -0.2) is 13.3 Å². The molecular formula is C33H22F2NO+. The van der Waals surface area contributed by atoms with E-state index in [0.29, 0.717) is 22.4 Å². The summed E-state index contributed by atoms with van der Waals surface area (Å²) in [7, 11) is 1.86. The van der Waals surface area contributed by atoms with Crippen LogP contribution in [-0.4, -0.2) is 0 Å².